The van der Waals surface area contributed by atoms with E-state index in [1.807, 2.05) is 17.1 Å². The Balaban J connectivity index is 1.95. The molecule has 0 radical (unpaired) electrons. The molecule has 0 aromatic carbocycles. The molecule has 1 saturated carbocycles. The first kappa shape index (κ1) is 12.0. The summed E-state index contributed by atoms with van der Waals surface area (Å²) in [5.41, 5.74) is 0. The van der Waals surface area contributed by atoms with Crippen LogP contribution < -0.4 is 0 Å². The first-order valence-electron chi connectivity index (χ1n) is 5.63. The summed E-state index contributed by atoms with van der Waals surface area (Å²) in [5.74, 6) is 0.0118. The highest BCUT2D eigenvalue weighted by molar-refractivity contribution is 8.00. The highest BCUT2D eigenvalue weighted by Crippen LogP contribution is 2.37. The molecule has 16 heavy (non-hydrogen) atoms. The minimum absolute atomic E-state index is 0.450. The molecule has 1 aliphatic carbocycles. The lowest BCUT2D eigenvalue weighted by atomic mass is 9.91. The lowest BCUT2D eigenvalue weighted by molar-refractivity contribution is 0.0702. The van der Waals surface area contributed by atoms with Crippen molar-refractivity contribution in [2.45, 2.75) is 42.8 Å². The first-order chi connectivity index (χ1) is 7.65. The molecule has 1 N–H and O–H groups in total. The zero-order valence-corrected chi connectivity index (χ0v) is 10.9. The molecular formula is C12H16O2S2. The zero-order chi connectivity index (χ0) is 11.5. The Morgan fingerprint density at radius 1 is 1.56 bits per heavy atom. The van der Waals surface area contributed by atoms with Gasteiger partial charge in [0.25, 0.3) is 0 Å². The Morgan fingerprint density at radius 3 is 3.00 bits per heavy atom. The lowest BCUT2D eigenvalue weighted by Crippen LogP contribution is -2.14. The van der Waals surface area contributed by atoms with E-state index in [1.165, 1.54) is 37.0 Å². The molecule has 2 nitrogen and oxygen atoms in total. The summed E-state index contributed by atoms with van der Waals surface area (Å²) in [7, 11) is 0. The monoisotopic (exact) mass is 256 g/mol. The van der Waals surface area contributed by atoms with E-state index in [0.29, 0.717) is 10.1 Å². The van der Waals surface area contributed by atoms with Crippen molar-refractivity contribution >= 4 is 29.1 Å². The van der Waals surface area contributed by atoms with Crippen molar-refractivity contribution in [1.29, 1.82) is 0 Å². The van der Waals surface area contributed by atoms with Crippen molar-refractivity contribution in [2.24, 2.45) is 5.92 Å². The van der Waals surface area contributed by atoms with Crippen LogP contribution in [0.5, 0.6) is 0 Å². The Labute approximate surface area is 104 Å². The molecule has 1 fully saturated rings. The molecule has 1 heterocycles. The van der Waals surface area contributed by atoms with Gasteiger partial charge in [-0.3, -0.25) is 0 Å². The van der Waals surface area contributed by atoms with Crippen molar-refractivity contribution in [1.82, 2.24) is 0 Å². The normalized spacial score (nSPS) is 25.6. The van der Waals surface area contributed by atoms with E-state index in [2.05, 4.69) is 6.92 Å². The fraction of sp³-hybridized carbons (Fsp3) is 0.583. The molecule has 2 rings (SSSR count). The van der Waals surface area contributed by atoms with Crippen molar-refractivity contribution in [2.75, 3.05) is 0 Å². The number of carboxylic acids is 1. The van der Waals surface area contributed by atoms with Crippen LogP contribution >= 0.6 is 23.1 Å². The molecule has 0 spiro atoms. The predicted molar refractivity (Wildman–Crippen MR) is 68.6 cm³/mol. The Bertz CT molecular complexity index is 373. The van der Waals surface area contributed by atoms with Crippen LogP contribution in [0.2, 0.25) is 0 Å². The topological polar surface area (TPSA) is 37.3 Å². The van der Waals surface area contributed by atoms with E-state index in [-0.39, 0.29) is 0 Å². The Kier molecular flexibility index (Phi) is 3.92. The van der Waals surface area contributed by atoms with E-state index >= 15 is 0 Å². The van der Waals surface area contributed by atoms with Gasteiger partial charge in [0.2, 0.25) is 0 Å². The fourth-order valence-electron chi connectivity index (χ4n) is 2.17. The van der Waals surface area contributed by atoms with Crippen molar-refractivity contribution in [3.05, 3.63) is 16.3 Å². The largest absolute Gasteiger partial charge is 0.477 e. The molecule has 0 saturated heterocycles. The second kappa shape index (κ2) is 5.23. The highest BCUT2D eigenvalue weighted by Gasteiger charge is 2.20. The average Bonchev–Trinajstić information content (AvgIpc) is 2.66. The van der Waals surface area contributed by atoms with E-state index in [4.69, 9.17) is 5.11 Å². The molecule has 4 heteroatoms. The van der Waals surface area contributed by atoms with Gasteiger partial charge in [-0.2, -0.15) is 0 Å². The van der Waals surface area contributed by atoms with Crippen LogP contribution in [-0.4, -0.2) is 16.3 Å². The Morgan fingerprint density at radius 2 is 2.38 bits per heavy atom. The molecule has 2 atom stereocenters. The maximum atomic E-state index is 10.8. The molecule has 1 aliphatic rings. The Hall–Kier alpha value is -0.480. The van der Waals surface area contributed by atoms with Crippen LogP contribution in [0, 0.1) is 5.92 Å². The maximum Gasteiger partial charge on any atom is 0.345 e. The van der Waals surface area contributed by atoms with Gasteiger partial charge in [0.05, 0.1) is 0 Å². The number of thioether (sulfide) groups is 1. The number of thiophene rings is 1. The average molecular weight is 256 g/mol. The third-order valence-electron chi connectivity index (χ3n) is 2.98. The van der Waals surface area contributed by atoms with Gasteiger partial charge in [-0.25, -0.2) is 4.79 Å². The SMILES string of the molecule is CC1CCCC(Sc2csc(C(=O)O)c2)C1. The van der Waals surface area contributed by atoms with E-state index in [0.717, 1.165) is 10.8 Å². The molecular weight excluding hydrogens is 240 g/mol. The maximum absolute atomic E-state index is 10.8. The van der Waals surface area contributed by atoms with Gasteiger partial charge in [0.15, 0.2) is 0 Å². The van der Waals surface area contributed by atoms with Crippen molar-refractivity contribution in [3.63, 3.8) is 0 Å². The summed E-state index contributed by atoms with van der Waals surface area (Å²) in [6.45, 7) is 2.31. The van der Waals surface area contributed by atoms with Gasteiger partial charge in [-0.05, 0) is 24.8 Å². The first-order valence-corrected chi connectivity index (χ1v) is 7.39. The van der Waals surface area contributed by atoms with Gasteiger partial charge in [0.1, 0.15) is 4.88 Å². The van der Waals surface area contributed by atoms with Gasteiger partial charge in [-0.15, -0.1) is 23.1 Å². The van der Waals surface area contributed by atoms with Crippen molar-refractivity contribution < 1.29 is 9.90 Å². The minimum Gasteiger partial charge on any atom is -0.477 e. The van der Waals surface area contributed by atoms with E-state index in [9.17, 15) is 4.79 Å². The predicted octanol–water partition coefficient (Wildman–Crippen LogP) is 4.12. The summed E-state index contributed by atoms with van der Waals surface area (Å²) < 4.78 is 0. The van der Waals surface area contributed by atoms with Gasteiger partial charge < -0.3 is 5.11 Å². The quantitative estimate of drug-likeness (QED) is 0.884. The third kappa shape index (κ3) is 3.01. The van der Waals surface area contributed by atoms with Crippen molar-refractivity contribution in [3.8, 4) is 0 Å². The third-order valence-corrected chi connectivity index (χ3v) is 5.31. The van der Waals surface area contributed by atoms with Gasteiger partial charge in [-0.1, -0.05) is 19.8 Å². The number of carbonyl (C=O) groups is 1. The lowest BCUT2D eigenvalue weighted by Gasteiger charge is -2.25. The molecule has 0 amide bonds. The molecule has 0 bridgehead atoms. The van der Waals surface area contributed by atoms with Crippen LogP contribution in [-0.2, 0) is 0 Å². The molecule has 0 aliphatic heterocycles. The molecule has 1 aromatic rings. The van der Waals surface area contributed by atoms with Crippen LogP contribution in [0.3, 0.4) is 0 Å². The smallest absolute Gasteiger partial charge is 0.345 e. The van der Waals surface area contributed by atoms with E-state index < -0.39 is 5.97 Å². The van der Waals surface area contributed by atoms with Gasteiger partial charge in [0, 0.05) is 15.5 Å². The summed E-state index contributed by atoms with van der Waals surface area (Å²) in [6, 6.07) is 1.80. The fourth-order valence-corrected chi connectivity index (χ4v) is 4.50. The number of hydrogen-bond acceptors (Lipinski definition) is 3. The van der Waals surface area contributed by atoms with Crippen LogP contribution in [0.15, 0.2) is 16.3 Å². The summed E-state index contributed by atoms with van der Waals surface area (Å²) in [5, 5.41) is 11.5. The highest BCUT2D eigenvalue weighted by atomic mass is 32.2. The molecule has 1 aromatic heterocycles. The second-order valence-electron chi connectivity index (χ2n) is 4.46. The van der Waals surface area contributed by atoms with Crippen LogP contribution in [0.25, 0.3) is 0 Å². The minimum atomic E-state index is -0.811. The number of hydrogen-bond donors (Lipinski definition) is 1. The molecule has 88 valence electrons. The zero-order valence-electron chi connectivity index (χ0n) is 9.31. The van der Waals surface area contributed by atoms with Crippen LogP contribution in [0.4, 0.5) is 0 Å². The van der Waals surface area contributed by atoms with Crippen LogP contribution in [0.1, 0.15) is 42.3 Å². The second-order valence-corrected chi connectivity index (χ2v) is 6.75. The standard InChI is InChI=1S/C12H16O2S2/c1-8-3-2-4-9(5-8)16-10-6-11(12(13)14)15-7-10/h6-9H,2-5H2,1H3,(H,13,14). The number of aromatic carboxylic acids is 1. The molecule has 2 unspecified atom stereocenters. The number of carboxylic acid groups (broad SMARTS) is 1. The summed E-state index contributed by atoms with van der Waals surface area (Å²) in [6.07, 6.45) is 5.20. The van der Waals surface area contributed by atoms with Gasteiger partial charge >= 0.3 is 5.97 Å². The van der Waals surface area contributed by atoms with E-state index in [1.54, 1.807) is 6.07 Å². The number of rotatable bonds is 3. The summed E-state index contributed by atoms with van der Waals surface area (Å²) in [4.78, 5) is 12.3. The summed E-state index contributed by atoms with van der Waals surface area (Å²) >= 11 is 3.18.